The molecule has 6 heteroatoms. The Hall–Kier alpha value is -2.99. The summed E-state index contributed by atoms with van der Waals surface area (Å²) in [6.45, 7) is 6.73. The normalized spacial score (nSPS) is 15.0. The minimum Gasteiger partial charge on any atom is -0.334 e. The molecule has 6 nitrogen and oxygen atoms in total. The van der Waals surface area contributed by atoms with Gasteiger partial charge in [0.25, 0.3) is 0 Å². The van der Waals surface area contributed by atoms with Crippen molar-refractivity contribution in [2.45, 2.75) is 20.0 Å². The molecule has 0 spiro atoms. The second kappa shape index (κ2) is 8.35. The first-order chi connectivity index (χ1) is 13.7. The van der Waals surface area contributed by atoms with Gasteiger partial charge < -0.3 is 10.2 Å². The van der Waals surface area contributed by atoms with Crippen molar-refractivity contribution < 1.29 is 4.79 Å². The Morgan fingerprint density at radius 2 is 1.61 bits per heavy atom. The SMILES string of the molecule is Cc1ccc(CNC(=O)N2CCN(Cc3ccc4nccnc4c3)CC2)cc1. The lowest BCUT2D eigenvalue weighted by Crippen LogP contribution is -2.51. The largest absolute Gasteiger partial charge is 0.334 e. The highest BCUT2D eigenvalue weighted by molar-refractivity contribution is 5.75. The number of nitrogens with one attached hydrogen (secondary N) is 1. The van der Waals surface area contributed by atoms with Crippen molar-refractivity contribution in [2.75, 3.05) is 26.2 Å². The fourth-order valence-corrected chi connectivity index (χ4v) is 3.47. The van der Waals surface area contributed by atoms with E-state index in [1.54, 1.807) is 12.4 Å². The summed E-state index contributed by atoms with van der Waals surface area (Å²) in [7, 11) is 0. The third-order valence-corrected chi connectivity index (χ3v) is 5.16. The minimum absolute atomic E-state index is 0.0150. The summed E-state index contributed by atoms with van der Waals surface area (Å²) >= 11 is 0. The topological polar surface area (TPSA) is 61.4 Å². The van der Waals surface area contributed by atoms with Gasteiger partial charge in [-0.3, -0.25) is 14.9 Å². The van der Waals surface area contributed by atoms with E-state index in [9.17, 15) is 4.79 Å². The van der Waals surface area contributed by atoms with Crippen LogP contribution >= 0.6 is 0 Å². The molecule has 1 aliphatic heterocycles. The van der Waals surface area contributed by atoms with Gasteiger partial charge in [0.05, 0.1) is 11.0 Å². The van der Waals surface area contributed by atoms with Crippen molar-refractivity contribution in [3.05, 3.63) is 71.5 Å². The summed E-state index contributed by atoms with van der Waals surface area (Å²) in [5, 5.41) is 3.03. The number of piperazine rings is 1. The van der Waals surface area contributed by atoms with Gasteiger partial charge in [-0.05, 0) is 30.2 Å². The number of carbonyl (C=O) groups excluding carboxylic acids is 1. The minimum atomic E-state index is 0.0150. The summed E-state index contributed by atoms with van der Waals surface area (Å²) in [4.78, 5) is 25.4. The van der Waals surface area contributed by atoms with E-state index in [1.165, 1.54) is 11.1 Å². The number of aryl methyl sites for hydroxylation is 1. The molecule has 2 aromatic carbocycles. The van der Waals surface area contributed by atoms with Crippen LogP contribution in [0.25, 0.3) is 11.0 Å². The van der Waals surface area contributed by atoms with Crippen molar-refractivity contribution in [1.82, 2.24) is 25.1 Å². The molecule has 0 saturated carbocycles. The number of hydrogen-bond acceptors (Lipinski definition) is 4. The van der Waals surface area contributed by atoms with E-state index < -0.39 is 0 Å². The van der Waals surface area contributed by atoms with Gasteiger partial charge in [-0.1, -0.05) is 35.9 Å². The molecule has 1 N–H and O–H groups in total. The highest BCUT2D eigenvalue weighted by Gasteiger charge is 2.21. The maximum Gasteiger partial charge on any atom is 0.317 e. The Balaban J connectivity index is 1.26. The lowest BCUT2D eigenvalue weighted by atomic mass is 10.1. The maximum atomic E-state index is 12.4. The van der Waals surface area contributed by atoms with Gasteiger partial charge in [-0.15, -0.1) is 0 Å². The van der Waals surface area contributed by atoms with E-state index in [-0.39, 0.29) is 6.03 Å². The number of aromatic nitrogens is 2. The number of benzene rings is 2. The maximum absolute atomic E-state index is 12.4. The Morgan fingerprint density at radius 1 is 0.929 bits per heavy atom. The smallest absolute Gasteiger partial charge is 0.317 e. The zero-order valence-corrected chi connectivity index (χ0v) is 16.1. The highest BCUT2D eigenvalue weighted by Crippen LogP contribution is 2.14. The Morgan fingerprint density at radius 3 is 2.36 bits per heavy atom. The van der Waals surface area contributed by atoms with Crippen molar-refractivity contribution in [1.29, 1.82) is 0 Å². The second-order valence-electron chi connectivity index (χ2n) is 7.29. The van der Waals surface area contributed by atoms with Gasteiger partial charge >= 0.3 is 6.03 Å². The summed E-state index contributed by atoms with van der Waals surface area (Å²) in [5.41, 5.74) is 5.42. The van der Waals surface area contributed by atoms with Crippen LogP contribution in [0.2, 0.25) is 0 Å². The molecule has 1 aromatic heterocycles. The molecular weight excluding hydrogens is 350 g/mol. The van der Waals surface area contributed by atoms with Crippen LogP contribution in [0, 0.1) is 6.92 Å². The van der Waals surface area contributed by atoms with E-state index in [2.05, 4.69) is 63.5 Å². The third kappa shape index (κ3) is 4.46. The second-order valence-corrected chi connectivity index (χ2v) is 7.29. The van der Waals surface area contributed by atoms with E-state index in [0.29, 0.717) is 6.54 Å². The Labute approximate surface area is 165 Å². The number of amides is 2. The first-order valence-corrected chi connectivity index (χ1v) is 9.68. The van der Waals surface area contributed by atoms with E-state index in [0.717, 1.165) is 49.3 Å². The van der Waals surface area contributed by atoms with Crippen LogP contribution in [-0.4, -0.2) is 52.0 Å². The summed E-state index contributed by atoms with van der Waals surface area (Å²) in [6, 6.07) is 14.5. The van der Waals surface area contributed by atoms with Crippen molar-refractivity contribution in [3.8, 4) is 0 Å². The van der Waals surface area contributed by atoms with Crippen LogP contribution in [0.5, 0.6) is 0 Å². The predicted octanol–water partition coefficient (Wildman–Crippen LogP) is 2.97. The Bertz CT molecular complexity index is 949. The van der Waals surface area contributed by atoms with Crippen LogP contribution in [0.1, 0.15) is 16.7 Å². The molecule has 0 bridgehead atoms. The van der Waals surface area contributed by atoms with Gasteiger partial charge in [-0.2, -0.15) is 0 Å². The number of fused-ring (bicyclic) bond motifs is 1. The van der Waals surface area contributed by atoms with Crippen molar-refractivity contribution in [2.24, 2.45) is 0 Å². The average molecular weight is 375 g/mol. The number of urea groups is 1. The number of carbonyl (C=O) groups is 1. The molecule has 1 aliphatic rings. The van der Waals surface area contributed by atoms with E-state index in [1.807, 2.05) is 11.0 Å². The molecule has 2 heterocycles. The molecule has 28 heavy (non-hydrogen) atoms. The molecule has 0 unspecified atom stereocenters. The van der Waals surface area contributed by atoms with Gasteiger partial charge in [-0.25, -0.2) is 4.79 Å². The zero-order valence-electron chi connectivity index (χ0n) is 16.1. The lowest BCUT2D eigenvalue weighted by molar-refractivity contribution is 0.135. The predicted molar refractivity (Wildman–Crippen MR) is 110 cm³/mol. The number of rotatable bonds is 4. The molecule has 4 rings (SSSR count). The fourth-order valence-electron chi connectivity index (χ4n) is 3.47. The molecule has 144 valence electrons. The van der Waals surface area contributed by atoms with Crippen LogP contribution < -0.4 is 5.32 Å². The summed E-state index contributed by atoms with van der Waals surface area (Å²) in [5.74, 6) is 0. The van der Waals surface area contributed by atoms with Gasteiger partial charge in [0.2, 0.25) is 0 Å². The third-order valence-electron chi connectivity index (χ3n) is 5.16. The van der Waals surface area contributed by atoms with E-state index in [4.69, 9.17) is 0 Å². The molecule has 0 radical (unpaired) electrons. The molecule has 0 atom stereocenters. The number of hydrogen-bond donors (Lipinski definition) is 1. The van der Waals surface area contributed by atoms with Gasteiger partial charge in [0.1, 0.15) is 0 Å². The summed E-state index contributed by atoms with van der Waals surface area (Å²) < 4.78 is 0. The molecule has 1 saturated heterocycles. The lowest BCUT2D eigenvalue weighted by Gasteiger charge is -2.34. The quantitative estimate of drug-likeness (QED) is 0.762. The monoisotopic (exact) mass is 375 g/mol. The van der Waals surface area contributed by atoms with Crippen molar-refractivity contribution >= 4 is 17.1 Å². The molecule has 0 aliphatic carbocycles. The van der Waals surface area contributed by atoms with Gasteiger partial charge in [0, 0.05) is 51.7 Å². The molecule has 2 amide bonds. The van der Waals surface area contributed by atoms with Crippen LogP contribution in [0.4, 0.5) is 4.79 Å². The van der Waals surface area contributed by atoms with Crippen LogP contribution in [0.15, 0.2) is 54.9 Å². The first-order valence-electron chi connectivity index (χ1n) is 9.68. The fraction of sp³-hybridized carbons (Fsp3) is 0.318. The van der Waals surface area contributed by atoms with Crippen molar-refractivity contribution in [3.63, 3.8) is 0 Å². The first kappa shape index (κ1) is 18.4. The molecular formula is C22H25N5O. The summed E-state index contributed by atoms with van der Waals surface area (Å²) in [6.07, 6.45) is 3.44. The standard InChI is InChI=1S/C22H25N5O/c1-17-2-4-18(5-3-17)15-25-22(28)27-12-10-26(11-13-27)16-19-6-7-20-21(14-19)24-9-8-23-20/h2-9,14H,10-13,15-16H2,1H3,(H,25,28). The molecule has 1 fully saturated rings. The van der Waals surface area contributed by atoms with Gasteiger partial charge in [0.15, 0.2) is 0 Å². The van der Waals surface area contributed by atoms with E-state index >= 15 is 0 Å². The highest BCUT2D eigenvalue weighted by atomic mass is 16.2. The molecule has 3 aromatic rings. The van der Waals surface area contributed by atoms with Crippen LogP contribution in [0.3, 0.4) is 0 Å². The Kier molecular flexibility index (Phi) is 5.48. The van der Waals surface area contributed by atoms with Crippen LogP contribution in [-0.2, 0) is 13.1 Å². The number of nitrogens with zero attached hydrogens (tertiary/aromatic N) is 4. The zero-order chi connectivity index (χ0) is 19.3. The average Bonchev–Trinajstić information content (AvgIpc) is 2.73.